The van der Waals surface area contributed by atoms with Gasteiger partial charge in [-0.3, -0.25) is 9.88 Å². The minimum absolute atomic E-state index is 0.843. The summed E-state index contributed by atoms with van der Waals surface area (Å²) in [5, 5.41) is 0. The molecule has 0 bridgehead atoms. The Morgan fingerprint density at radius 2 is 1.67 bits per heavy atom. The number of piperazine rings is 1. The van der Waals surface area contributed by atoms with Gasteiger partial charge in [0.1, 0.15) is 0 Å². The van der Waals surface area contributed by atoms with E-state index in [1.807, 2.05) is 18.5 Å². The number of imidazole rings is 1. The second kappa shape index (κ2) is 8.06. The predicted molar refractivity (Wildman–Crippen MR) is 112 cm³/mol. The highest BCUT2D eigenvalue weighted by Gasteiger charge is 2.18. The third kappa shape index (κ3) is 3.82. The molecule has 1 aromatic carbocycles. The van der Waals surface area contributed by atoms with Gasteiger partial charge in [-0.15, -0.1) is 0 Å². The minimum Gasteiger partial charge on any atom is -0.369 e. The van der Waals surface area contributed by atoms with Gasteiger partial charge in [-0.05, 0) is 36.8 Å². The van der Waals surface area contributed by atoms with E-state index < -0.39 is 0 Å². The first-order valence-corrected chi connectivity index (χ1v) is 9.90. The Morgan fingerprint density at radius 3 is 2.33 bits per heavy atom. The molecule has 0 N–H and O–H groups in total. The van der Waals surface area contributed by atoms with Crippen LogP contribution in [0.15, 0.2) is 61.1 Å². The molecule has 27 heavy (non-hydrogen) atoms. The van der Waals surface area contributed by atoms with E-state index in [2.05, 4.69) is 73.4 Å². The van der Waals surface area contributed by atoms with Gasteiger partial charge in [0.15, 0.2) is 4.77 Å². The van der Waals surface area contributed by atoms with Crippen molar-refractivity contribution in [3.63, 3.8) is 0 Å². The lowest BCUT2D eigenvalue weighted by Gasteiger charge is -2.36. The minimum atomic E-state index is 0.843. The Morgan fingerprint density at radius 1 is 0.963 bits per heavy atom. The van der Waals surface area contributed by atoms with Crippen molar-refractivity contribution in [2.45, 2.75) is 20.1 Å². The third-order valence-corrected chi connectivity index (χ3v) is 5.64. The molecule has 1 aliphatic heterocycles. The van der Waals surface area contributed by atoms with Gasteiger partial charge in [0.2, 0.25) is 0 Å². The van der Waals surface area contributed by atoms with Gasteiger partial charge in [0, 0.05) is 57.0 Å². The number of rotatable bonds is 5. The Balaban J connectivity index is 1.48. The molecule has 6 heteroatoms. The smallest absolute Gasteiger partial charge is 0.181 e. The molecule has 3 aromatic rings. The zero-order chi connectivity index (χ0) is 18.6. The monoisotopic (exact) mass is 379 g/mol. The molecule has 1 fully saturated rings. The molecule has 0 spiro atoms. The molecule has 0 aliphatic carbocycles. The summed E-state index contributed by atoms with van der Waals surface area (Å²) < 4.78 is 5.33. The SMILES string of the molecule is CCn1c(-c2ccccc2)cn(CN2CCN(c3ccncc3)CC2)c1=S. The number of hydrogen-bond donors (Lipinski definition) is 0. The number of hydrogen-bond acceptors (Lipinski definition) is 4. The summed E-state index contributed by atoms with van der Waals surface area (Å²) in [6, 6.07) is 14.7. The molecular weight excluding hydrogens is 354 g/mol. The van der Waals surface area contributed by atoms with Crippen molar-refractivity contribution in [2.75, 3.05) is 31.1 Å². The Hall–Kier alpha value is -2.44. The molecule has 0 amide bonds. The largest absolute Gasteiger partial charge is 0.369 e. The van der Waals surface area contributed by atoms with E-state index in [0.717, 1.165) is 44.2 Å². The molecule has 3 heterocycles. The summed E-state index contributed by atoms with van der Waals surface area (Å²) in [5.41, 5.74) is 3.66. The summed E-state index contributed by atoms with van der Waals surface area (Å²) in [5.74, 6) is 0. The van der Waals surface area contributed by atoms with E-state index in [0.29, 0.717) is 0 Å². The Kier molecular flexibility index (Phi) is 5.36. The van der Waals surface area contributed by atoms with Crippen LogP contribution in [0.4, 0.5) is 5.69 Å². The zero-order valence-corrected chi connectivity index (χ0v) is 16.5. The standard InChI is InChI=1S/C21H25N5S/c1-2-26-20(18-6-4-3-5-7-18)16-25(21(26)27)17-23-12-14-24(15-13-23)19-8-10-22-11-9-19/h3-11,16H,2,12-15,17H2,1H3. The van der Waals surface area contributed by atoms with Gasteiger partial charge in [0.05, 0.1) is 12.4 Å². The molecule has 4 rings (SSSR count). The highest BCUT2D eigenvalue weighted by molar-refractivity contribution is 7.71. The van der Waals surface area contributed by atoms with Crippen LogP contribution >= 0.6 is 12.2 Å². The lowest BCUT2D eigenvalue weighted by Crippen LogP contribution is -2.46. The quantitative estimate of drug-likeness (QED) is 0.629. The van der Waals surface area contributed by atoms with Crippen molar-refractivity contribution in [1.29, 1.82) is 0 Å². The molecule has 0 radical (unpaired) electrons. The van der Waals surface area contributed by atoms with Crippen molar-refractivity contribution < 1.29 is 0 Å². The van der Waals surface area contributed by atoms with E-state index in [1.165, 1.54) is 16.9 Å². The van der Waals surface area contributed by atoms with Crippen LogP contribution in [0.5, 0.6) is 0 Å². The fourth-order valence-electron chi connectivity index (χ4n) is 3.69. The van der Waals surface area contributed by atoms with E-state index in [-0.39, 0.29) is 0 Å². The molecule has 2 aromatic heterocycles. The second-order valence-corrected chi connectivity index (χ2v) is 7.19. The van der Waals surface area contributed by atoms with Gasteiger partial charge in [-0.25, -0.2) is 0 Å². The summed E-state index contributed by atoms with van der Waals surface area (Å²) in [4.78, 5) is 9.01. The number of pyridine rings is 1. The van der Waals surface area contributed by atoms with Crippen molar-refractivity contribution in [2.24, 2.45) is 0 Å². The van der Waals surface area contributed by atoms with Crippen LogP contribution in [0.1, 0.15) is 6.92 Å². The van der Waals surface area contributed by atoms with Gasteiger partial charge >= 0.3 is 0 Å². The first-order chi connectivity index (χ1) is 13.3. The Labute approximate surface area is 165 Å². The van der Waals surface area contributed by atoms with Gasteiger partial charge in [-0.1, -0.05) is 30.3 Å². The molecule has 1 aliphatic rings. The fraction of sp³-hybridized carbons (Fsp3) is 0.333. The van der Waals surface area contributed by atoms with Crippen LogP contribution in [0, 0.1) is 4.77 Å². The molecule has 0 atom stereocenters. The first-order valence-electron chi connectivity index (χ1n) is 9.49. The normalized spacial score (nSPS) is 15.2. The summed E-state index contributed by atoms with van der Waals surface area (Å²) in [6.07, 6.45) is 5.93. The average Bonchev–Trinajstić information content (AvgIpc) is 3.05. The molecule has 1 saturated heterocycles. The van der Waals surface area contributed by atoms with Gasteiger partial charge < -0.3 is 14.0 Å². The Bertz CT molecular complexity index is 924. The lowest BCUT2D eigenvalue weighted by molar-refractivity contribution is 0.204. The van der Waals surface area contributed by atoms with Crippen molar-refractivity contribution >= 4 is 17.9 Å². The van der Waals surface area contributed by atoms with Crippen LogP contribution in [-0.4, -0.2) is 45.2 Å². The number of aromatic nitrogens is 3. The molecule has 5 nitrogen and oxygen atoms in total. The highest BCUT2D eigenvalue weighted by Crippen LogP contribution is 2.22. The number of anilines is 1. The maximum atomic E-state index is 5.76. The maximum absolute atomic E-state index is 5.76. The number of nitrogens with zero attached hydrogens (tertiary/aromatic N) is 5. The van der Waals surface area contributed by atoms with E-state index >= 15 is 0 Å². The summed E-state index contributed by atoms with van der Waals surface area (Å²) in [6.45, 7) is 7.99. The van der Waals surface area contributed by atoms with Crippen LogP contribution in [0.2, 0.25) is 0 Å². The van der Waals surface area contributed by atoms with E-state index in [9.17, 15) is 0 Å². The van der Waals surface area contributed by atoms with Crippen LogP contribution in [0.25, 0.3) is 11.3 Å². The second-order valence-electron chi connectivity index (χ2n) is 6.83. The van der Waals surface area contributed by atoms with Crippen molar-refractivity contribution in [3.05, 3.63) is 65.8 Å². The van der Waals surface area contributed by atoms with Crippen molar-refractivity contribution in [1.82, 2.24) is 19.0 Å². The van der Waals surface area contributed by atoms with Gasteiger partial charge in [-0.2, -0.15) is 0 Å². The van der Waals surface area contributed by atoms with Crippen LogP contribution in [0.3, 0.4) is 0 Å². The lowest BCUT2D eigenvalue weighted by atomic mass is 10.2. The van der Waals surface area contributed by atoms with Gasteiger partial charge in [0.25, 0.3) is 0 Å². The van der Waals surface area contributed by atoms with E-state index in [1.54, 1.807) is 0 Å². The maximum Gasteiger partial charge on any atom is 0.181 e. The molecule has 0 saturated carbocycles. The summed E-state index contributed by atoms with van der Waals surface area (Å²) >= 11 is 5.76. The van der Waals surface area contributed by atoms with Crippen LogP contribution in [-0.2, 0) is 13.2 Å². The van der Waals surface area contributed by atoms with Crippen molar-refractivity contribution in [3.8, 4) is 11.3 Å². The molecule has 140 valence electrons. The third-order valence-electron chi connectivity index (χ3n) is 5.18. The van der Waals surface area contributed by atoms with Crippen LogP contribution < -0.4 is 4.90 Å². The number of benzene rings is 1. The first kappa shape index (κ1) is 17.9. The zero-order valence-electron chi connectivity index (χ0n) is 15.7. The predicted octanol–water partition coefficient (Wildman–Crippen LogP) is 3.88. The topological polar surface area (TPSA) is 29.2 Å². The molecular formula is C21H25N5S. The van der Waals surface area contributed by atoms with E-state index in [4.69, 9.17) is 12.2 Å². The highest BCUT2D eigenvalue weighted by atomic mass is 32.1. The summed E-state index contributed by atoms with van der Waals surface area (Å²) in [7, 11) is 0. The average molecular weight is 380 g/mol. The fourth-order valence-corrected chi connectivity index (χ4v) is 4.03. The molecule has 0 unspecified atom stereocenters.